The molecule has 0 amide bonds. The van der Waals surface area contributed by atoms with Gasteiger partial charge in [0.25, 0.3) is 0 Å². The molecule has 2 heterocycles. The first-order chi connectivity index (χ1) is 10.3. The van der Waals surface area contributed by atoms with E-state index in [0.29, 0.717) is 12.5 Å². The Bertz CT molecular complexity index is 548. The molecule has 112 valence electrons. The number of ether oxygens (including phenoxy) is 1. The lowest BCUT2D eigenvalue weighted by molar-refractivity contribution is 0.303. The smallest absolute Gasteiger partial charge is 0.217 e. The molecule has 2 aromatic heterocycles. The van der Waals surface area contributed by atoms with Crippen LogP contribution in [0, 0.1) is 0 Å². The van der Waals surface area contributed by atoms with Gasteiger partial charge in [0.2, 0.25) is 5.88 Å². The van der Waals surface area contributed by atoms with Crippen LogP contribution in [0.5, 0.6) is 5.88 Å². The average molecular weight is 350 g/mol. The maximum atomic E-state index is 5.81. The summed E-state index contributed by atoms with van der Waals surface area (Å²) in [7, 11) is 0. The first-order valence-electron chi connectivity index (χ1n) is 7.17. The first-order valence-corrected chi connectivity index (χ1v) is 7.96. The van der Waals surface area contributed by atoms with Crippen molar-refractivity contribution in [3.63, 3.8) is 0 Å². The summed E-state index contributed by atoms with van der Waals surface area (Å²) in [6, 6.07) is 7.95. The van der Waals surface area contributed by atoms with Gasteiger partial charge in [-0.15, -0.1) is 0 Å². The Balaban J connectivity index is 1.92. The molecule has 0 saturated carbocycles. The first kappa shape index (κ1) is 15.9. The van der Waals surface area contributed by atoms with Gasteiger partial charge in [-0.1, -0.05) is 13.0 Å². The monoisotopic (exact) mass is 349 g/mol. The second kappa shape index (κ2) is 8.74. The Morgan fingerprint density at radius 3 is 2.95 bits per heavy atom. The molecule has 0 atom stereocenters. The lowest BCUT2D eigenvalue weighted by atomic mass is 10.2. The third-order valence-electron chi connectivity index (χ3n) is 2.96. The molecule has 2 aromatic rings. The summed E-state index contributed by atoms with van der Waals surface area (Å²) in [5.41, 5.74) is 2.10. The van der Waals surface area contributed by atoms with E-state index in [1.54, 1.807) is 12.4 Å². The molecule has 2 rings (SSSR count). The van der Waals surface area contributed by atoms with Crippen molar-refractivity contribution in [2.45, 2.75) is 26.3 Å². The number of halogens is 1. The second-order valence-electron chi connectivity index (χ2n) is 4.71. The summed E-state index contributed by atoms with van der Waals surface area (Å²) in [5, 5.41) is 3.37. The van der Waals surface area contributed by atoms with Gasteiger partial charge in [0, 0.05) is 41.1 Å². The highest BCUT2D eigenvalue weighted by Crippen LogP contribution is 2.20. The summed E-state index contributed by atoms with van der Waals surface area (Å²) in [6.07, 6.45) is 5.45. The number of aromatic nitrogens is 2. The fourth-order valence-corrected chi connectivity index (χ4v) is 2.30. The number of rotatable bonds is 8. The third kappa shape index (κ3) is 5.44. The van der Waals surface area contributed by atoms with Crippen LogP contribution in [-0.2, 0) is 13.0 Å². The lowest BCUT2D eigenvalue weighted by Crippen LogP contribution is -2.15. The van der Waals surface area contributed by atoms with Gasteiger partial charge >= 0.3 is 0 Å². The standard InChI is InChI=1S/C16H20BrN3O/c1-2-7-18-11-13-10-14(17)12-20-16(13)21-9-6-15-5-3-4-8-19-15/h3-5,8,10,12,18H,2,6-7,9,11H2,1H3. The van der Waals surface area contributed by atoms with Crippen molar-refractivity contribution < 1.29 is 4.74 Å². The quantitative estimate of drug-likeness (QED) is 0.742. The topological polar surface area (TPSA) is 47.0 Å². The van der Waals surface area contributed by atoms with Crippen LogP contribution in [0.15, 0.2) is 41.1 Å². The lowest BCUT2D eigenvalue weighted by Gasteiger charge is -2.11. The third-order valence-corrected chi connectivity index (χ3v) is 3.39. The van der Waals surface area contributed by atoms with Crippen LogP contribution < -0.4 is 10.1 Å². The Morgan fingerprint density at radius 2 is 2.19 bits per heavy atom. The number of hydrogen-bond acceptors (Lipinski definition) is 4. The Morgan fingerprint density at radius 1 is 1.29 bits per heavy atom. The summed E-state index contributed by atoms with van der Waals surface area (Å²) in [4.78, 5) is 8.65. The molecule has 0 unspecified atom stereocenters. The van der Waals surface area contributed by atoms with Crippen molar-refractivity contribution in [2.24, 2.45) is 0 Å². The summed E-state index contributed by atoms with van der Waals surface area (Å²) >= 11 is 3.45. The van der Waals surface area contributed by atoms with E-state index < -0.39 is 0 Å². The molecule has 0 saturated heterocycles. The van der Waals surface area contributed by atoms with Crippen LogP contribution >= 0.6 is 15.9 Å². The zero-order chi connectivity index (χ0) is 14.9. The number of nitrogens with zero attached hydrogens (tertiary/aromatic N) is 2. The Hall–Kier alpha value is -1.46. The van der Waals surface area contributed by atoms with Crippen molar-refractivity contribution in [1.82, 2.24) is 15.3 Å². The predicted molar refractivity (Wildman–Crippen MR) is 87.4 cm³/mol. The highest BCUT2D eigenvalue weighted by molar-refractivity contribution is 9.10. The van der Waals surface area contributed by atoms with Crippen LogP contribution in [0.2, 0.25) is 0 Å². The molecule has 0 aliphatic rings. The fraction of sp³-hybridized carbons (Fsp3) is 0.375. The maximum absolute atomic E-state index is 5.81. The highest BCUT2D eigenvalue weighted by atomic mass is 79.9. The minimum absolute atomic E-state index is 0.576. The molecular formula is C16H20BrN3O. The SMILES string of the molecule is CCCNCc1cc(Br)cnc1OCCc1ccccn1. The highest BCUT2D eigenvalue weighted by Gasteiger charge is 2.06. The molecule has 4 nitrogen and oxygen atoms in total. The van der Waals surface area contributed by atoms with Gasteiger partial charge in [0.15, 0.2) is 0 Å². The number of pyridine rings is 2. The molecule has 5 heteroatoms. The molecule has 0 aliphatic heterocycles. The molecule has 0 aliphatic carbocycles. The van der Waals surface area contributed by atoms with E-state index in [1.165, 1.54) is 0 Å². The number of nitrogens with one attached hydrogen (secondary N) is 1. The van der Waals surface area contributed by atoms with Crippen molar-refractivity contribution in [3.8, 4) is 5.88 Å². The van der Waals surface area contributed by atoms with E-state index in [4.69, 9.17) is 4.74 Å². The minimum atomic E-state index is 0.576. The largest absolute Gasteiger partial charge is 0.477 e. The average Bonchev–Trinajstić information content (AvgIpc) is 2.51. The zero-order valence-electron chi connectivity index (χ0n) is 12.2. The molecule has 0 radical (unpaired) electrons. The molecule has 0 bridgehead atoms. The van der Waals surface area contributed by atoms with Gasteiger partial charge in [0.05, 0.1) is 6.61 Å². The van der Waals surface area contributed by atoms with Gasteiger partial charge in [-0.2, -0.15) is 0 Å². The van der Waals surface area contributed by atoms with Gasteiger partial charge in [0.1, 0.15) is 0 Å². The van der Waals surface area contributed by atoms with E-state index in [2.05, 4.69) is 38.1 Å². The van der Waals surface area contributed by atoms with Gasteiger partial charge in [-0.05, 0) is 47.1 Å². The van der Waals surface area contributed by atoms with Crippen LogP contribution in [0.3, 0.4) is 0 Å². The van der Waals surface area contributed by atoms with Crippen LogP contribution in [-0.4, -0.2) is 23.1 Å². The molecule has 21 heavy (non-hydrogen) atoms. The molecular weight excluding hydrogens is 330 g/mol. The normalized spacial score (nSPS) is 10.6. The van der Waals surface area contributed by atoms with Crippen molar-refractivity contribution in [1.29, 1.82) is 0 Å². The minimum Gasteiger partial charge on any atom is -0.477 e. The molecule has 0 spiro atoms. The van der Waals surface area contributed by atoms with Gasteiger partial charge < -0.3 is 10.1 Å². The van der Waals surface area contributed by atoms with Crippen molar-refractivity contribution in [2.75, 3.05) is 13.2 Å². The molecule has 1 N–H and O–H groups in total. The fourth-order valence-electron chi connectivity index (χ4n) is 1.92. The van der Waals surface area contributed by atoms with Gasteiger partial charge in [-0.25, -0.2) is 4.98 Å². The number of hydrogen-bond donors (Lipinski definition) is 1. The van der Waals surface area contributed by atoms with Crippen LogP contribution in [0.25, 0.3) is 0 Å². The van der Waals surface area contributed by atoms with E-state index in [9.17, 15) is 0 Å². The van der Waals surface area contributed by atoms with Crippen LogP contribution in [0.4, 0.5) is 0 Å². The van der Waals surface area contributed by atoms with Crippen LogP contribution in [0.1, 0.15) is 24.6 Å². The maximum Gasteiger partial charge on any atom is 0.217 e. The summed E-state index contributed by atoms with van der Waals surface area (Å²) in [6.45, 7) is 4.47. The van der Waals surface area contributed by atoms with Crippen molar-refractivity contribution >= 4 is 15.9 Å². The molecule has 0 fully saturated rings. The summed E-state index contributed by atoms with van der Waals surface area (Å²) < 4.78 is 6.78. The van der Waals surface area contributed by atoms with Gasteiger partial charge in [-0.3, -0.25) is 4.98 Å². The van der Waals surface area contributed by atoms with E-state index >= 15 is 0 Å². The van der Waals surface area contributed by atoms with E-state index in [0.717, 1.165) is 41.7 Å². The Kier molecular flexibility index (Phi) is 6.63. The zero-order valence-corrected chi connectivity index (χ0v) is 13.8. The second-order valence-corrected chi connectivity index (χ2v) is 5.63. The van der Waals surface area contributed by atoms with Crippen molar-refractivity contribution in [3.05, 3.63) is 52.4 Å². The predicted octanol–water partition coefficient (Wildman–Crippen LogP) is 3.36. The summed E-state index contributed by atoms with van der Waals surface area (Å²) in [5.74, 6) is 0.692. The van der Waals surface area contributed by atoms with E-state index in [1.807, 2.05) is 24.3 Å². The molecule has 0 aromatic carbocycles. The Labute approximate surface area is 134 Å². The van der Waals surface area contributed by atoms with E-state index in [-0.39, 0.29) is 0 Å².